The molecule has 47 heavy (non-hydrogen) atoms. The van der Waals surface area contributed by atoms with Crippen LogP contribution >= 0.6 is 0 Å². The van der Waals surface area contributed by atoms with Gasteiger partial charge in [0.15, 0.2) is 6.10 Å². The summed E-state index contributed by atoms with van der Waals surface area (Å²) < 4.78 is 16.7. The molecule has 0 aromatic carbocycles. The van der Waals surface area contributed by atoms with Crippen LogP contribution in [0.3, 0.4) is 0 Å². The third kappa shape index (κ3) is 9.96. The third-order valence-electron chi connectivity index (χ3n) is 9.21. The van der Waals surface area contributed by atoms with Gasteiger partial charge in [-0.05, 0) is 64.1 Å². The molecule has 2 aliphatic heterocycles. The first-order valence-corrected chi connectivity index (χ1v) is 16.4. The molecule has 1 unspecified atom stereocenters. The van der Waals surface area contributed by atoms with E-state index in [0.29, 0.717) is 24.1 Å². The highest BCUT2D eigenvalue weighted by Gasteiger charge is 2.34. The molecule has 2 amide bonds. The van der Waals surface area contributed by atoms with Gasteiger partial charge in [0.05, 0.1) is 23.6 Å². The molecule has 12 nitrogen and oxygen atoms in total. The zero-order chi connectivity index (χ0) is 34.8. The molecule has 0 aromatic heterocycles. The molecule has 0 saturated carbocycles. The summed E-state index contributed by atoms with van der Waals surface area (Å²) in [4.78, 5) is 54.8. The zero-order valence-electron chi connectivity index (χ0n) is 28.7. The lowest BCUT2D eigenvalue weighted by Gasteiger charge is -2.30. The second kappa shape index (κ2) is 17.5. The maximum Gasteiger partial charge on any atom is 0.405 e. The highest BCUT2D eigenvalue weighted by molar-refractivity contribution is 6.23. The Kier molecular flexibility index (Phi) is 14.1. The lowest BCUT2D eigenvalue weighted by molar-refractivity contribution is -0.120. The monoisotopic (exact) mass is 656 g/mol. The molecule has 2 heterocycles. The van der Waals surface area contributed by atoms with Crippen molar-refractivity contribution in [1.82, 2.24) is 15.5 Å². The Morgan fingerprint density at radius 1 is 1.17 bits per heavy atom. The van der Waals surface area contributed by atoms with Gasteiger partial charge >= 0.3 is 6.09 Å². The highest BCUT2D eigenvalue weighted by Crippen LogP contribution is 2.29. The minimum Gasteiger partial charge on any atom is -0.439 e. The number of methoxy groups -OCH3 is 2. The Labute approximate surface area is 278 Å². The summed E-state index contributed by atoms with van der Waals surface area (Å²) in [6.07, 6.45) is 6.08. The molecule has 0 aromatic rings. The number of likely N-dealkylation sites (tertiary alicyclic amines) is 1. The Morgan fingerprint density at radius 3 is 2.53 bits per heavy atom. The van der Waals surface area contributed by atoms with E-state index in [9.17, 15) is 24.3 Å². The maximum atomic E-state index is 13.9. The van der Waals surface area contributed by atoms with Crippen molar-refractivity contribution in [2.45, 2.75) is 90.8 Å². The number of carbonyl (C=O) groups is 4. The summed E-state index contributed by atoms with van der Waals surface area (Å²) in [6.45, 7) is 11.6. The minimum atomic E-state index is -0.993. The largest absolute Gasteiger partial charge is 0.439 e. The van der Waals surface area contributed by atoms with Crippen LogP contribution in [0, 0.1) is 11.8 Å². The van der Waals surface area contributed by atoms with Crippen LogP contribution in [-0.4, -0.2) is 97.9 Å². The van der Waals surface area contributed by atoms with E-state index in [1.165, 1.54) is 26.4 Å². The fourth-order valence-electron chi connectivity index (χ4n) is 6.54. The molecule has 1 fully saturated rings. The van der Waals surface area contributed by atoms with Gasteiger partial charge in [-0.3, -0.25) is 19.3 Å². The molecule has 3 aliphatic rings. The minimum absolute atomic E-state index is 0.0973. The van der Waals surface area contributed by atoms with Crippen molar-refractivity contribution in [3.05, 3.63) is 58.5 Å². The van der Waals surface area contributed by atoms with Crippen molar-refractivity contribution in [2.75, 3.05) is 33.9 Å². The number of fused-ring (bicyclic) bond motifs is 2. The summed E-state index contributed by atoms with van der Waals surface area (Å²) in [5.41, 5.74) is 6.68. The van der Waals surface area contributed by atoms with Crippen LogP contribution in [0.1, 0.15) is 60.3 Å². The number of allylic oxidation sites excluding steroid dienone is 4. The van der Waals surface area contributed by atoms with Gasteiger partial charge in [0, 0.05) is 49.9 Å². The van der Waals surface area contributed by atoms with Crippen LogP contribution in [-0.2, 0) is 28.6 Å². The molecular formula is C35H52N4O8. The maximum absolute atomic E-state index is 13.9. The van der Waals surface area contributed by atoms with Gasteiger partial charge in [0.25, 0.3) is 5.91 Å². The Morgan fingerprint density at radius 2 is 1.89 bits per heavy atom. The number of likely N-dealkylation sites (N-methyl/N-ethyl adjacent to an activating group) is 1. The molecule has 3 rings (SSSR count). The normalized spacial score (nSPS) is 33.3. The van der Waals surface area contributed by atoms with Crippen LogP contribution < -0.4 is 16.4 Å². The van der Waals surface area contributed by atoms with Crippen LogP contribution in [0.25, 0.3) is 0 Å². The number of nitrogens with two attached hydrogens (primary N) is 1. The van der Waals surface area contributed by atoms with E-state index in [2.05, 4.69) is 22.5 Å². The van der Waals surface area contributed by atoms with Gasteiger partial charge in [-0.1, -0.05) is 45.1 Å². The number of aliphatic hydroxyl groups excluding tert-OH is 1. The van der Waals surface area contributed by atoms with E-state index in [4.69, 9.17) is 19.9 Å². The topological polar surface area (TPSA) is 170 Å². The van der Waals surface area contributed by atoms with E-state index in [-0.39, 0.29) is 41.1 Å². The third-order valence-corrected chi connectivity index (χ3v) is 9.21. The first-order chi connectivity index (χ1) is 22.3. The molecule has 1 saturated heterocycles. The van der Waals surface area contributed by atoms with Gasteiger partial charge in [0.2, 0.25) is 11.6 Å². The number of nitrogens with one attached hydrogen (secondary N) is 2. The van der Waals surface area contributed by atoms with Crippen LogP contribution in [0.4, 0.5) is 4.79 Å². The van der Waals surface area contributed by atoms with Gasteiger partial charge in [0.1, 0.15) is 6.10 Å². The number of aliphatic hydroxyl groups is 1. The summed E-state index contributed by atoms with van der Waals surface area (Å²) in [5, 5.41) is 17.3. The van der Waals surface area contributed by atoms with Gasteiger partial charge in [-0.15, -0.1) is 0 Å². The van der Waals surface area contributed by atoms with Crippen molar-refractivity contribution in [3.63, 3.8) is 0 Å². The van der Waals surface area contributed by atoms with Gasteiger partial charge < -0.3 is 35.7 Å². The predicted molar refractivity (Wildman–Crippen MR) is 178 cm³/mol. The molecule has 7 atom stereocenters. The summed E-state index contributed by atoms with van der Waals surface area (Å²) >= 11 is 0. The van der Waals surface area contributed by atoms with Gasteiger partial charge in [-0.2, -0.15) is 0 Å². The summed E-state index contributed by atoms with van der Waals surface area (Å²) in [5.74, 6) is -1.99. The number of primary amides is 1. The van der Waals surface area contributed by atoms with Gasteiger partial charge in [-0.25, -0.2) is 4.79 Å². The standard InChI is InChI=1S/C35H52N4O8/c1-8-39-14-10-12-24(39)19-37-30-25-15-20(2)16-29(46-7)31(41)22(4)17-23(5)33(47-35(36)44)28(45-6)13-9-11-21(3)34(43)38-26(32(25)42)18-27(30)40/h9,11,13,17-18,20,22,24,28-29,31,33,37,41H,8,10,12,14-16,19H2,1-7H3,(H2,36,44)(H,38,43)/b13-9-,21-11+,23-17+/t20-,22+,24?,28+,29+,31-,33+/m1/s1. The van der Waals surface area contributed by atoms with Crippen molar-refractivity contribution in [3.8, 4) is 0 Å². The second-order valence-corrected chi connectivity index (χ2v) is 12.7. The number of hydrogen-bond donors (Lipinski definition) is 4. The fraction of sp³-hybridized carbons (Fsp3) is 0.600. The average molecular weight is 657 g/mol. The molecule has 260 valence electrons. The lowest BCUT2D eigenvalue weighted by Crippen LogP contribution is -2.41. The molecule has 5 N–H and O–H groups in total. The Bertz CT molecular complexity index is 1330. The SMILES string of the molecule is CCN1CCCC1CNC1=C2C[C@@H](C)C[C@H](OC)[C@H](O)[C@@H](C)/C=C(\C)[C@H](OC(N)=O)[C@@H](OC)/C=C\C=C(/C)C(=O)NC(=CC1=O)C2=O. The number of rotatable bonds is 7. The number of ether oxygens (including phenoxy) is 3. The van der Waals surface area contributed by atoms with Crippen LogP contribution in [0.5, 0.6) is 0 Å². The van der Waals surface area contributed by atoms with Crippen molar-refractivity contribution >= 4 is 23.6 Å². The van der Waals surface area contributed by atoms with E-state index in [1.807, 2.05) is 13.8 Å². The number of ketones is 2. The van der Waals surface area contributed by atoms with E-state index >= 15 is 0 Å². The first-order valence-electron chi connectivity index (χ1n) is 16.4. The van der Waals surface area contributed by atoms with Crippen molar-refractivity contribution < 1.29 is 38.5 Å². The number of carbonyl (C=O) groups excluding carboxylic acids is 4. The quantitative estimate of drug-likeness (QED) is 0.236. The molecule has 12 heteroatoms. The number of amides is 2. The lowest BCUT2D eigenvalue weighted by atomic mass is 9.85. The zero-order valence-corrected chi connectivity index (χ0v) is 28.7. The van der Waals surface area contributed by atoms with E-state index < -0.39 is 48.1 Å². The number of Topliss-reactive ketones (excluding diaryl/α,β-unsaturated/α-hetero) is 1. The number of hydrogen-bond acceptors (Lipinski definition) is 10. The first kappa shape index (κ1) is 37.9. The molecule has 0 radical (unpaired) electrons. The smallest absolute Gasteiger partial charge is 0.405 e. The highest BCUT2D eigenvalue weighted by atomic mass is 16.6. The average Bonchev–Trinajstić information content (AvgIpc) is 3.49. The van der Waals surface area contributed by atoms with Crippen LogP contribution in [0.2, 0.25) is 0 Å². The molecule has 0 spiro atoms. The Balaban J connectivity index is 2.04. The molecule has 2 bridgehead atoms. The summed E-state index contributed by atoms with van der Waals surface area (Å²) in [7, 11) is 2.96. The summed E-state index contributed by atoms with van der Waals surface area (Å²) in [6, 6.07) is 0.249. The van der Waals surface area contributed by atoms with E-state index in [0.717, 1.165) is 25.9 Å². The van der Waals surface area contributed by atoms with Crippen LogP contribution in [0.15, 0.2) is 58.5 Å². The predicted octanol–water partition coefficient (Wildman–Crippen LogP) is 2.84. The fourth-order valence-corrected chi connectivity index (χ4v) is 6.54. The van der Waals surface area contributed by atoms with E-state index in [1.54, 1.807) is 32.1 Å². The molecular weight excluding hydrogens is 604 g/mol. The Hall–Kier alpha value is -3.58. The van der Waals surface area contributed by atoms with Crippen molar-refractivity contribution in [1.29, 1.82) is 0 Å². The molecule has 1 aliphatic carbocycles. The number of nitrogens with zero attached hydrogens (tertiary/aromatic N) is 1. The van der Waals surface area contributed by atoms with Crippen molar-refractivity contribution in [2.24, 2.45) is 17.6 Å². The second-order valence-electron chi connectivity index (χ2n) is 12.7.